The van der Waals surface area contributed by atoms with Crippen molar-refractivity contribution in [3.63, 3.8) is 0 Å². The fourth-order valence-electron chi connectivity index (χ4n) is 3.19. The van der Waals surface area contributed by atoms with Crippen LogP contribution in [-0.4, -0.2) is 51.6 Å². The van der Waals surface area contributed by atoms with Crippen molar-refractivity contribution in [2.24, 2.45) is 5.92 Å². The van der Waals surface area contributed by atoms with Gasteiger partial charge in [-0.3, -0.25) is 14.7 Å². The Morgan fingerprint density at radius 2 is 2.08 bits per heavy atom. The van der Waals surface area contributed by atoms with Gasteiger partial charge in [-0.2, -0.15) is 0 Å². The zero-order valence-electron chi connectivity index (χ0n) is 14.4. The number of amides is 1. The Kier molecular flexibility index (Phi) is 5.73. The molecular formula is C19H24N4O2. The maximum absolute atomic E-state index is 12.4. The number of nitrogens with zero attached hydrogens (tertiary/aromatic N) is 3. The highest BCUT2D eigenvalue weighted by atomic mass is 16.3. The van der Waals surface area contributed by atoms with E-state index in [0.717, 1.165) is 25.2 Å². The second kappa shape index (κ2) is 8.18. The van der Waals surface area contributed by atoms with Gasteiger partial charge in [0.15, 0.2) is 0 Å². The number of likely N-dealkylation sites (tertiary alicyclic amines) is 1. The van der Waals surface area contributed by atoms with Gasteiger partial charge in [-0.15, -0.1) is 0 Å². The van der Waals surface area contributed by atoms with Crippen molar-refractivity contribution in [2.75, 3.05) is 19.7 Å². The molecule has 2 heterocycles. The molecule has 0 spiro atoms. The van der Waals surface area contributed by atoms with Crippen molar-refractivity contribution in [3.05, 3.63) is 59.7 Å². The van der Waals surface area contributed by atoms with Crippen LogP contribution >= 0.6 is 0 Å². The molecule has 1 fully saturated rings. The fraction of sp³-hybridized carbons (Fsp3) is 0.421. The van der Waals surface area contributed by atoms with E-state index in [1.165, 1.54) is 11.8 Å². The minimum Gasteiger partial charge on any atom is -0.396 e. The third-order valence-corrected chi connectivity index (χ3v) is 4.65. The summed E-state index contributed by atoms with van der Waals surface area (Å²) in [6.45, 7) is 4.38. The van der Waals surface area contributed by atoms with Gasteiger partial charge in [-0.05, 0) is 25.5 Å². The highest BCUT2D eigenvalue weighted by molar-refractivity contribution is 5.92. The Bertz CT molecular complexity index is 690. The Balaban J connectivity index is 1.64. The number of carbonyl (C=O) groups is 1. The molecular weight excluding hydrogens is 316 g/mol. The topological polar surface area (TPSA) is 78.4 Å². The number of benzene rings is 1. The number of rotatable bonds is 5. The predicted molar refractivity (Wildman–Crippen MR) is 94.9 cm³/mol. The molecule has 1 aromatic carbocycles. The third-order valence-electron chi connectivity index (χ3n) is 4.65. The molecule has 0 bridgehead atoms. The van der Waals surface area contributed by atoms with Crippen LogP contribution in [0.5, 0.6) is 0 Å². The number of aliphatic hydroxyl groups excluding tert-OH is 1. The van der Waals surface area contributed by atoms with Gasteiger partial charge in [-0.1, -0.05) is 30.3 Å². The van der Waals surface area contributed by atoms with Gasteiger partial charge in [0.05, 0.1) is 11.9 Å². The van der Waals surface area contributed by atoms with Gasteiger partial charge in [0.25, 0.3) is 5.91 Å². The number of aryl methyl sites for hydroxylation is 1. The normalized spacial score (nSPS) is 21.0. The monoisotopic (exact) mass is 340 g/mol. The summed E-state index contributed by atoms with van der Waals surface area (Å²) in [4.78, 5) is 23.0. The van der Waals surface area contributed by atoms with E-state index in [0.29, 0.717) is 12.2 Å². The summed E-state index contributed by atoms with van der Waals surface area (Å²) in [6.07, 6.45) is 3.93. The average molecular weight is 340 g/mol. The molecule has 0 aliphatic carbocycles. The van der Waals surface area contributed by atoms with Crippen LogP contribution in [0, 0.1) is 12.8 Å². The van der Waals surface area contributed by atoms with Crippen LogP contribution in [0.2, 0.25) is 0 Å². The molecule has 1 aromatic heterocycles. The maximum atomic E-state index is 12.4. The van der Waals surface area contributed by atoms with Gasteiger partial charge in [0, 0.05) is 37.9 Å². The molecule has 2 aromatic rings. The van der Waals surface area contributed by atoms with Crippen LogP contribution < -0.4 is 5.32 Å². The molecule has 132 valence electrons. The minimum absolute atomic E-state index is 0.0642. The molecule has 1 amide bonds. The summed E-state index contributed by atoms with van der Waals surface area (Å²) in [7, 11) is 0. The highest BCUT2D eigenvalue weighted by Crippen LogP contribution is 2.19. The summed E-state index contributed by atoms with van der Waals surface area (Å²) < 4.78 is 0. The van der Waals surface area contributed by atoms with E-state index in [1.54, 1.807) is 6.20 Å². The summed E-state index contributed by atoms with van der Waals surface area (Å²) in [5.74, 6) is -0.174. The largest absolute Gasteiger partial charge is 0.396 e. The number of aliphatic hydroxyl groups is 1. The molecule has 2 atom stereocenters. The van der Waals surface area contributed by atoms with E-state index in [-0.39, 0.29) is 24.5 Å². The first kappa shape index (κ1) is 17.5. The first-order valence-electron chi connectivity index (χ1n) is 8.62. The van der Waals surface area contributed by atoms with E-state index in [9.17, 15) is 9.90 Å². The summed E-state index contributed by atoms with van der Waals surface area (Å²) in [5.41, 5.74) is 2.33. The number of piperidine rings is 1. The predicted octanol–water partition coefficient (Wildman–Crippen LogP) is 1.40. The number of carbonyl (C=O) groups excluding carboxylic acids is 1. The number of nitrogens with one attached hydrogen (secondary N) is 1. The first-order chi connectivity index (χ1) is 12.2. The van der Waals surface area contributed by atoms with E-state index in [2.05, 4.69) is 32.3 Å². The van der Waals surface area contributed by atoms with E-state index >= 15 is 0 Å². The van der Waals surface area contributed by atoms with Crippen LogP contribution in [0.15, 0.2) is 42.7 Å². The number of hydrogen-bond donors (Lipinski definition) is 2. The van der Waals surface area contributed by atoms with E-state index in [1.807, 2.05) is 25.1 Å². The summed E-state index contributed by atoms with van der Waals surface area (Å²) in [6, 6.07) is 10.2. The van der Waals surface area contributed by atoms with Crippen molar-refractivity contribution in [3.8, 4) is 0 Å². The average Bonchev–Trinajstić information content (AvgIpc) is 2.63. The van der Waals surface area contributed by atoms with Crippen molar-refractivity contribution >= 4 is 5.91 Å². The lowest BCUT2D eigenvalue weighted by Gasteiger charge is -2.38. The molecule has 1 saturated heterocycles. The molecule has 2 N–H and O–H groups in total. The van der Waals surface area contributed by atoms with Crippen LogP contribution in [0.25, 0.3) is 0 Å². The molecule has 1 aliphatic heterocycles. The smallest absolute Gasteiger partial charge is 0.271 e. The first-order valence-corrected chi connectivity index (χ1v) is 8.62. The van der Waals surface area contributed by atoms with Crippen molar-refractivity contribution in [1.29, 1.82) is 0 Å². The maximum Gasteiger partial charge on any atom is 0.271 e. The Hall–Kier alpha value is -2.31. The zero-order chi connectivity index (χ0) is 17.6. The fourth-order valence-corrected chi connectivity index (χ4v) is 3.19. The van der Waals surface area contributed by atoms with Gasteiger partial charge < -0.3 is 10.4 Å². The number of aromatic nitrogens is 2. The number of hydrogen-bond acceptors (Lipinski definition) is 5. The van der Waals surface area contributed by atoms with Crippen molar-refractivity contribution in [2.45, 2.75) is 25.9 Å². The lowest BCUT2D eigenvalue weighted by atomic mass is 9.91. The molecule has 0 radical (unpaired) electrons. The molecule has 0 unspecified atom stereocenters. The molecule has 0 saturated carbocycles. The van der Waals surface area contributed by atoms with E-state index < -0.39 is 0 Å². The van der Waals surface area contributed by atoms with Crippen molar-refractivity contribution in [1.82, 2.24) is 20.2 Å². The molecule has 25 heavy (non-hydrogen) atoms. The molecule has 6 heteroatoms. The molecule has 6 nitrogen and oxygen atoms in total. The third kappa shape index (κ3) is 4.61. The summed E-state index contributed by atoms with van der Waals surface area (Å²) >= 11 is 0. The van der Waals surface area contributed by atoms with Gasteiger partial charge in [0.2, 0.25) is 0 Å². The molecule has 3 rings (SSSR count). The van der Waals surface area contributed by atoms with Gasteiger partial charge in [0.1, 0.15) is 5.69 Å². The summed E-state index contributed by atoms with van der Waals surface area (Å²) in [5, 5.41) is 12.7. The standard InChI is InChI=1S/C19H24N4O2/c1-14-9-21-17(10-20-14)19(25)22-18-12-23(8-7-16(18)13-24)11-15-5-3-2-4-6-15/h2-6,9-10,16,18,24H,7-8,11-13H2,1H3,(H,22,25)/t16-,18+/m1/s1. The highest BCUT2D eigenvalue weighted by Gasteiger charge is 2.30. The van der Waals surface area contributed by atoms with Crippen LogP contribution in [0.3, 0.4) is 0 Å². The quantitative estimate of drug-likeness (QED) is 0.860. The minimum atomic E-state index is -0.238. The van der Waals surface area contributed by atoms with Gasteiger partial charge in [-0.25, -0.2) is 4.98 Å². The van der Waals surface area contributed by atoms with Gasteiger partial charge >= 0.3 is 0 Å². The Labute approximate surface area is 147 Å². The van der Waals surface area contributed by atoms with Crippen LogP contribution in [0.4, 0.5) is 0 Å². The van der Waals surface area contributed by atoms with Crippen LogP contribution in [0.1, 0.15) is 28.2 Å². The van der Waals surface area contributed by atoms with Crippen molar-refractivity contribution < 1.29 is 9.90 Å². The lowest BCUT2D eigenvalue weighted by Crippen LogP contribution is -2.53. The SMILES string of the molecule is Cc1cnc(C(=O)N[C@H]2CN(Cc3ccccc3)CC[C@@H]2CO)cn1. The second-order valence-electron chi connectivity index (χ2n) is 6.58. The zero-order valence-corrected chi connectivity index (χ0v) is 14.4. The molecule has 1 aliphatic rings. The lowest BCUT2D eigenvalue weighted by molar-refractivity contribution is 0.0726. The Morgan fingerprint density at radius 1 is 1.28 bits per heavy atom. The Morgan fingerprint density at radius 3 is 2.76 bits per heavy atom. The van der Waals surface area contributed by atoms with Crippen LogP contribution in [-0.2, 0) is 6.54 Å². The van der Waals surface area contributed by atoms with E-state index in [4.69, 9.17) is 0 Å². The second-order valence-corrected chi connectivity index (χ2v) is 6.58.